The number of hydrogen-bond acceptors (Lipinski definition) is 3. The predicted molar refractivity (Wildman–Crippen MR) is 92.0 cm³/mol. The van der Waals surface area contributed by atoms with Crippen molar-refractivity contribution in [3.63, 3.8) is 0 Å². The van der Waals surface area contributed by atoms with Gasteiger partial charge in [-0.25, -0.2) is 0 Å². The number of amides is 1. The SMILES string of the molecule is Cc1cc(C(=O)C(=O)N2CCOCC2)c(C)n1-c1cccc(Cl)c1. The average Bonchev–Trinajstić information content (AvgIpc) is 2.89. The quantitative estimate of drug-likeness (QED) is 0.634. The van der Waals surface area contributed by atoms with Crippen molar-refractivity contribution in [1.29, 1.82) is 0 Å². The Morgan fingerprint density at radius 2 is 1.83 bits per heavy atom. The average molecular weight is 347 g/mol. The summed E-state index contributed by atoms with van der Waals surface area (Å²) >= 11 is 6.07. The lowest BCUT2D eigenvalue weighted by molar-refractivity contribution is -0.130. The molecule has 1 aliphatic heterocycles. The fourth-order valence-corrected chi connectivity index (χ4v) is 3.21. The number of carbonyl (C=O) groups is 2. The molecule has 0 atom stereocenters. The highest BCUT2D eigenvalue weighted by Gasteiger charge is 2.28. The van der Waals surface area contributed by atoms with Crippen molar-refractivity contribution in [3.8, 4) is 5.69 Å². The van der Waals surface area contributed by atoms with Crippen LogP contribution in [0.5, 0.6) is 0 Å². The number of aryl methyl sites for hydroxylation is 1. The third-order valence-electron chi connectivity index (χ3n) is 4.23. The fraction of sp³-hybridized carbons (Fsp3) is 0.333. The summed E-state index contributed by atoms with van der Waals surface area (Å²) in [6.07, 6.45) is 0. The molecule has 0 saturated carbocycles. The minimum atomic E-state index is -0.474. The second kappa shape index (κ2) is 6.79. The molecule has 0 unspecified atom stereocenters. The van der Waals surface area contributed by atoms with Crippen LogP contribution in [-0.4, -0.2) is 47.5 Å². The van der Waals surface area contributed by atoms with Crippen LogP contribution in [0.2, 0.25) is 5.02 Å². The number of Topliss-reactive ketones (excluding diaryl/α,β-unsaturated/α-hetero) is 1. The first kappa shape index (κ1) is 16.7. The third-order valence-corrected chi connectivity index (χ3v) is 4.47. The Labute approximate surface area is 145 Å². The summed E-state index contributed by atoms with van der Waals surface area (Å²) in [6, 6.07) is 9.17. The van der Waals surface area contributed by atoms with Crippen molar-refractivity contribution in [2.45, 2.75) is 13.8 Å². The van der Waals surface area contributed by atoms with Crippen LogP contribution in [0.4, 0.5) is 0 Å². The molecule has 1 fully saturated rings. The van der Waals surface area contributed by atoms with E-state index in [1.165, 1.54) is 0 Å². The normalized spacial score (nSPS) is 14.7. The van der Waals surface area contributed by atoms with Crippen LogP contribution in [0.3, 0.4) is 0 Å². The number of ether oxygens (including phenoxy) is 1. The van der Waals surface area contributed by atoms with Crippen molar-refractivity contribution in [2.24, 2.45) is 0 Å². The van der Waals surface area contributed by atoms with Crippen molar-refractivity contribution < 1.29 is 14.3 Å². The van der Waals surface area contributed by atoms with Gasteiger partial charge in [-0.3, -0.25) is 9.59 Å². The largest absolute Gasteiger partial charge is 0.378 e. The van der Waals surface area contributed by atoms with E-state index in [0.717, 1.165) is 17.1 Å². The Kier molecular flexibility index (Phi) is 4.73. The maximum atomic E-state index is 12.7. The number of hydrogen-bond donors (Lipinski definition) is 0. The topological polar surface area (TPSA) is 51.5 Å². The maximum absolute atomic E-state index is 12.7. The van der Waals surface area contributed by atoms with Gasteiger partial charge in [0.2, 0.25) is 0 Å². The molecule has 1 amide bonds. The van der Waals surface area contributed by atoms with E-state index in [1.54, 1.807) is 17.0 Å². The first-order chi connectivity index (χ1) is 11.5. The first-order valence-electron chi connectivity index (χ1n) is 7.85. The van der Waals surface area contributed by atoms with E-state index in [4.69, 9.17) is 16.3 Å². The van der Waals surface area contributed by atoms with Gasteiger partial charge in [0, 0.05) is 40.8 Å². The van der Waals surface area contributed by atoms with Gasteiger partial charge in [0.15, 0.2) is 0 Å². The summed E-state index contributed by atoms with van der Waals surface area (Å²) in [5.41, 5.74) is 2.92. The highest BCUT2D eigenvalue weighted by molar-refractivity contribution is 6.43. The molecule has 6 heteroatoms. The summed E-state index contributed by atoms with van der Waals surface area (Å²) in [4.78, 5) is 26.7. The van der Waals surface area contributed by atoms with Crippen molar-refractivity contribution in [2.75, 3.05) is 26.3 Å². The van der Waals surface area contributed by atoms with E-state index in [-0.39, 0.29) is 0 Å². The molecule has 2 aromatic rings. The van der Waals surface area contributed by atoms with Gasteiger partial charge in [0.1, 0.15) is 0 Å². The molecule has 1 aromatic heterocycles. The van der Waals surface area contributed by atoms with Gasteiger partial charge < -0.3 is 14.2 Å². The lowest BCUT2D eigenvalue weighted by atomic mass is 10.1. The number of aromatic nitrogens is 1. The Bertz CT molecular complexity index is 792. The number of benzene rings is 1. The lowest BCUT2D eigenvalue weighted by Crippen LogP contribution is -2.44. The van der Waals surface area contributed by atoms with Gasteiger partial charge in [-0.15, -0.1) is 0 Å². The summed E-state index contributed by atoms with van der Waals surface area (Å²) in [5, 5.41) is 0.622. The Hall–Kier alpha value is -2.11. The van der Waals surface area contributed by atoms with E-state index < -0.39 is 11.7 Å². The fourth-order valence-electron chi connectivity index (χ4n) is 3.03. The molecule has 126 valence electrons. The Morgan fingerprint density at radius 3 is 2.50 bits per heavy atom. The van der Waals surface area contributed by atoms with Crippen LogP contribution < -0.4 is 0 Å². The summed E-state index contributed by atoms with van der Waals surface area (Å²) in [5.74, 6) is -0.942. The molecule has 24 heavy (non-hydrogen) atoms. The van der Waals surface area contributed by atoms with Gasteiger partial charge in [-0.05, 0) is 38.1 Å². The first-order valence-corrected chi connectivity index (χ1v) is 8.23. The molecular formula is C18H19ClN2O3. The maximum Gasteiger partial charge on any atom is 0.295 e. The Balaban J connectivity index is 1.93. The molecule has 5 nitrogen and oxygen atoms in total. The number of nitrogens with zero attached hydrogens (tertiary/aromatic N) is 2. The zero-order chi connectivity index (χ0) is 17.3. The molecule has 0 aliphatic carbocycles. The molecule has 3 rings (SSSR count). The second-order valence-corrected chi connectivity index (χ2v) is 6.27. The van der Waals surface area contributed by atoms with Crippen molar-refractivity contribution in [3.05, 3.63) is 52.3 Å². The summed E-state index contributed by atoms with van der Waals surface area (Å²) in [6.45, 7) is 5.61. The monoisotopic (exact) mass is 346 g/mol. The van der Waals surface area contributed by atoms with Crippen LogP contribution >= 0.6 is 11.6 Å². The van der Waals surface area contributed by atoms with Crippen LogP contribution in [0, 0.1) is 13.8 Å². The van der Waals surface area contributed by atoms with Crippen LogP contribution in [-0.2, 0) is 9.53 Å². The number of halogens is 1. The zero-order valence-electron chi connectivity index (χ0n) is 13.7. The third kappa shape index (κ3) is 3.09. The van der Waals surface area contributed by atoms with Crippen LogP contribution in [0.15, 0.2) is 30.3 Å². The summed E-state index contributed by atoms with van der Waals surface area (Å²) in [7, 11) is 0. The summed E-state index contributed by atoms with van der Waals surface area (Å²) < 4.78 is 7.17. The van der Waals surface area contributed by atoms with E-state index in [2.05, 4.69) is 0 Å². The van der Waals surface area contributed by atoms with Crippen molar-refractivity contribution in [1.82, 2.24) is 9.47 Å². The highest BCUT2D eigenvalue weighted by atomic mass is 35.5. The number of rotatable bonds is 3. The number of morpholine rings is 1. The predicted octanol–water partition coefficient (Wildman–Crippen LogP) is 2.79. The van der Waals surface area contributed by atoms with Gasteiger partial charge in [0.25, 0.3) is 11.7 Å². The molecular weight excluding hydrogens is 328 g/mol. The Morgan fingerprint density at radius 1 is 1.12 bits per heavy atom. The van der Waals surface area contributed by atoms with Crippen LogP contribution in [0.1, 0.15) is 21.7 Å². The number of carbonyl (C=O) groups excluding carboxylic acids is 2. The minimum Gasteiger partial charge on any atom is -0.378 e. The molecule has 1 aromatic carbocycles. The lowest BCUT2D eigenvalue weighted by Gasteiger charge is -2.26. The standard InChI is InChI=1S/C18H19ClN2O3/c1-12-10-16(17(22)18(23)20-6-8-24-9-7-20)13(2)21(12)15-5-3-4-14(19)11-15/h3-5,10-11H,6-9H2,1-2H3. The number of ketones is 1. The van der Waals surface area contributed by atoms with Crippen molar-refractivity contribution >= 4 is 23.3 Å². The molecule has 0 spiro atoms. The van der Waals surface area contributed by atoms with E-state index in [0.29, 0.717) is 36.9 Å². The molecule has 1 saturated heterocycles. The van der Waals surface area contributed by atoms with Gasteiger partial charge in [-0.2, -0.15) is 0 Å². The molecule has 0 bridgehead atoms. The van der Waals surface area contributed by atoms with Gasteiger partial charge in [0.05, 0.1) is 13.2 Å². The molecule has 1 aliphatic rings. The van der Waals surface area contributed by atoms with E-state index >= 15 is 0 Å². The highest BCUT2D eigenvalue weighted by Crippen LogP contribution is 2.23. The zero-order valence-corrected chi connectivity index (χ0v) is 14.5. The molecule has 0 N–H and O–H groups in total. The smallest absolute Gasteiger partial charge is 0.295 e. The second-order valence-electron chi connectivity index (χ2n) is 5.83. The minimum absolute atomic E-state index is 0.434. The van der Waals surface area contributed by atoms with Gasteiger partial charge in [-0.1, -0.05) is 17.7 Å². The van der Waals surface area contributed by atoms with E-state index in [1.807, 2.05) is 36.6 Å². The molecule has 2 heterocycles. The van der Waals surface area contributed by atoms with E-state index in [9.17, 15) is 9.59 Å². The van der Waals surface area contributed by atoms with Crippen LogP contribution in [0.25, 0.3) is 5.69 Å². The molecule has 0 radical (unpaired) electrons. The van der Waals surface area contributed by atoms with Gasteiger partial charge >= 0.3 is 0 Å².